The molecule has 2 rings (SSSR count). The molecule has 1 aromatic carbocycles. The highest BCUT2D eigenvalue weighted by Crippen LogP contribution is 2.23. The first-order valence-electron chi connectivity index (χ1n) is 6.51. The molecule has 0 unspecified atom stereocenters. The van der Waals surface area contributed by atoms with E-state index < -0.39 is 5.97 Å². The van der Waals surface area contributed by atoms with Gasteiger partial charge in [0, 0.05) is 31.5 Å². The second-order valence-corrected chi connectivity index (χ2v) is 4.67. The van der Waals surface area contributed by atoms with Gasteiger partial charge in [0.25, 0.3) is 0 Å². The zero-order valence-corrected chi connectivity index (χ0v) is 11.1. The molecule has 0 amide bonds. The Bertz CT molecular complexity index is 474. The van der Waals surface area contributed by atoms with E-state index in [-0.39, 0.29) is 0 Å². The SMILES string of the molecule is Cc1cc(/C=C/C(=O)O)ccc1N1CCCOCC1. The van der Waals surface area contributed by atoms with Gasteiger partial charge in [-0.25, -0.2) is 4.79 Å². The summed E-state index contributed by atoms with van der Waals surface area (Å²) in [5.74, 6) is -0.925. The predicted molar refractivity (Wildman–Crippen MR) is 75.5 cm³/mol. The summed E-state index contributed by atoms with van der Waals surface area (Å²) >= 11 is 0. The van der Waals surface area contributed by atoms with Gasteiger partial charge in [0.2, 0.25) is 0 Å². The molecule has 1 N–H and O–H groups in total. The van der Waals surface area contributed by atoms with Crippen LogP contribution in [-0.2, 0) is 9.53 Å². The van der Waals surface area contributed by atoms with Gasteiger partial charge in [0.15, 0.2) is 0 Å². The zero-order valence-electron chi connectivity index (χ0n) is 11.1. The molecule has 0 aromatic heterocycles. The largest absolute Gasteiger partial charge is 0.478 e. The van der Waals surface area contributed by atoms with Crippen LogP contribution in [0.4, 0.5) is 5.69 Å². The number of ether oxygens (including phenoxy) is 1. The molecule has 4 nitrogen and oxygen atoms in total. The van der Waals surface area contributed by atoms with Crippen LogP contribution < -0.4 is 4.90 Å². The molecule has 0 radical (unpaired) electrons. The number of carbonyl (C=O) groups is 1. The van der Waals surface area contributed by atoms with E-state index in [1.807, 2.05) is 12.1 Å². The highest BCUT2D eigenvalue weighted by molar-refractivity contribution is 5.85. The zero-order chi connectivity index (χ0) is 13.7. The lowest BCUT2D eigenvalue weighted by Gasteiger charge is -2.24. The van der Waals surface area contributed by atoms with Crippen molar-refractivity contribution in [1.82, 2.24) is 0 Å². The summed E-state index contributed by atoms with van der Waals surface area (Å²) in [6, 6.07) is 6.02. The predicted octanol–water partition coefficient (Wildman–Crippen LogP) is 2.32. The third kappa shape index (κ3) is 3.83. The van der Waals surface area contributed by atoms with Gasteiger partial charge >= 0.3 is 5.97 Å². The summed E-state index contributed by atoms with van der Waals surface area (Å²) in [4.78, 5) is 12.8. The van der Waals surface area contributed by atoms with Gasteiger partial charge in [0.05, 0.1) is 6.61 Å². The number of anilines is 1. The number of hydrogen-bond acceptors (Lipinski definition) is 3. The molecule has 1 heterocycles. The van der Waals surface area contributed by atoms with Crippen LogP contribution in [0.1, 0.15) is 17.5 Å². The molecule has 19 heavy (non-hydrogen) atoms. The van der Waals surface area contributed by atoms with Crippen molar-refractivity contribution in [2.75, 3.05) is 31.2 Å². The Hall–Kier alpha value is -1.81. The number of nitrogens with zero attached hydrogens (tertiary/aromatic N) is 1. The summed E-state index contributed by atoms with van der Waals surface area (Å²) in [5.41, 5.74) is 3.28. The van der Waals surface area contributed by atoms with Gasteiger partial charge < -0.3 is 14.7 Å². The summed E-state index contributed by atoms with van der Waals surface area (Å²) in [5, 5.41) is 8.62. The Kier molecular flexibility index (Phi) is 4.58. The van der Waals surface area contributed by atoms with E-state index in [0.717, 1.165) is 49.9 Å². The number of aryl methyl sites for hydroxylation is 1. The molecule has 0 atom stereocenters. The van der Waals surface area contributed by atoms with E-state index in [1.165, 1.54) is 5.69 Å². The van der Waals surface area contributed by atoms with E-state index in [2.05, 4.69) is 17.9 Å². The van der Waals surface area contributed by atoms with Gasteiger partial charge in [-0.05, 0) is 42.7 Å². The Morgan fingerprint density at radius 3 is 2.95 bits per heavy atom. The lowest BCUT2D eigenvalue weighted by molar-refractivity contribution is -0.131. The Balaban J connectivity index is 2.16. The van der Waals surface area contributed by atoms with Crippen LogP contribution in [0.15, 0.2) is 24.3 Å². The fraction of sp³-hybridized carbons (Fsp3) is 0.400. The lowest BCUT2D eigenvalue weighted by atomic mass is 10.1. The van der Waals surface area contributed by atoms with Crippen LogP contribution in [0.25, 0.3) is 6.08 Å². The molecule has 1 fully saturated rings. The van der Waals surface area contributed by atoms with Crippen molar-refractivity contribution in [2.24, 2.45) is 0 Å². The smallest absolute Gasteiger partial charge is 0.328 e. The summed E-state index contributed by atoms with van der Waals surface area (Å²) in [7, 11) is 0. The topological polar surface area (TPSA) is 49.8 Å². The minimum Gasteiger partial charge on any atom is -0.478 e. The van der Waals surface area contributed by atoms with Crippen LogP contribution in [0, 0.1) is 6.92 Å². The van der Waals surface area contributed by atoms with E-state index >= 15 is 0 Å². The molecule has 4 heteroatoms. The standard InChI is InChI=1S/C15H19NO3/c1-12-11-13(4-6-15(17)18)3-5-14(12)16-7-2-9-19-10-8-16/h3-6,11H,2,7-10H2,1H3,(H,17,18)/b6-4+. The van der Waals surface area contributed by atoms with Gasteiger partial charge in [-0.3, -0.25) is 0 Å². The van der Waals surface area contributed by atoms with Crippen LogP contribution in [0.3, 0.4) is 0 Å². The summed E-state index contributed by atoms with van der Waals surface area (Å²) in [6.45, 7) is 5.56. The van der Waals surface area contributed by atoms with Crippen molar-refractivity contribution in [2.45, 2.75) is 13.3 Å². The molecule has 1 aliphatic heterocycles. The highest BCUT2D eigenvalue weighted by atomic mass is 16.5. The third-order valence-corrected chi connectivity index (χ3v) is 3.20. The van der Waals surface area contributed by atoms with Crippen LogP contribution >= 0.6 is 0 Å². The lowest BCUT2D eigenvalue weighted by Crippen LogP contribution is -2.26. The van der Waals surface area contributed by atoms with Crippen molar-refractivity contribution in [3.8, 4) is 0 Å². The van der Waals surface area contributed by atoms with Crippen molar-refractivity contribution in [3.63, 3.8) is 0 Å². The maximum absolute atomic E-state index is 10.5. The minimum absolute atomic E-state index is 0.764. The van der Waals surface area contributed by atoms with Crippen LogP contribution in [-0.4, -0.2) is 37.4 Å². The van der Waals surface area contributed by atoms with Crippen molar-refractivity contribution in [3.05, 3.63) is 35.4 Å². The average molecular weight is 261 g/mol. The second-order valence-electron chi connectivity index (χ2n) is 4.67. The summed E-state index contributed by atoms with van der Waals surface area (Å²) in [6.07, 6.45) is 3.82. The minimum atomic E-state index is -0.925. The van der Waals surface area contributed by atoms with Crippen LogP contribution in [0.5, 0.6) is 0 Å². The first-order chi connectivity index (χ1) is 9.16. The van der Waals surface area contributed by atoms with Crippen molar-refractivity contribution >= 4 is 17.7 Å². The van der Waals surface area contributed by atoms with Gasteiger partial charge in [-0.2, -0.15) is 0 Å². The number of aliphatic carboxylic acids is 1. The van der Waals surface area contributed by atoms with Crippen molar-refractivity contribution < 1.29 is 14.6 Å². The summed E-state index contributed by atoms with van der Waals surface area (Å²) < 4.78 is 5.46. The normalized spacial score (nSPS) is 16.6. The molecule has 1 aliphatic rings. The maximum Gasteiger partial charge on any atom is 0.328 e. The number of carboxylic acids is 1. The van der Waals surface area contributed by atoms with E-state index in [1.54, 1.807) is 6.08 Å². The van der Waals surface area contributed by atoms with Gasteiger partial charge in [-0.15, -0.1) is 0 Å². The molecule has 102 valence electrons. The molecule has 0 spiro atoms. The fourth-order valence-corrected chi connectivity index (χ4v) is 2.29. The number of rotatable bonds is 3. The fourth-order valence-electron chi connectivity index (χ4n) is 2.29. The first-order valence-corrected chi connectivity index (χ1v) is 6.51. The van der Waals surface area contributed by atoms with E-state index in [0.29, 0.717) is 0 Å². The Morgan fingerprint density at radius 2 is 2.21 bits per heavy atom. The average Bonchev–Trinajstić information content (AvgIpc) is 2.65. The number of hydrogen-bond donors (Lipinski definition) is 1. The number of carboxylic acid groups (broad SMARTS) is 1. The van der Waals surface area contributed by atoms with E-state index in [4.69, 9.17) is 9.84 Å². The quantitative estimate of drug-likeness (QED) is 0.848. The molecular formula is C15H19NO3. The second kappa shape index (κ2) is 6.38. The molecular weight excluding hydrogens is 242 g/mol. The molecule has 0 saturated carbocycles. The molecule has 1 saturated heterocycles. The monoisotopic (exact) mass is 261 g/mol. The third-order valence-electron chi connectivity index (χ3n) is 3.20. The Labute approximate surface area is 113 Å². The maximum atomic E-state index is 10.5. The van der Waals surface area contributed by atoms with Gasteiger partial charge in [0.1, 0.15) is 0 Å². The molecule has 0 aliphatic carbocycles. The molecule has 0 bridgehead atoms. The van der Waals surface area contributed by atoms with Gasteiger partial charge in [-0.1, -0.05) is 6.07 Å². The molecule has 1 aromatic rings. The van der Waals surface area contributed by atoms with Crippen LogP contribution in [0.2, 0.25) is 0 Å². The highest BCUT2D eigenvalue weighted by Gasteiger charge is 2.11. The number of benzene rings is 1. The first kappa shape index (κ1) is 13.6. The van der Waals surface area contributed by atoms with Crippen molar-refractivity contribution in [1.29, 1.82) is 0 Å². The Morgan fingerprint density at radius 1 is 1.37 bits per heavy atom. The van der Waals surface area contributed by atoms with E-state index in [9.17, 15) is 4.79 Å².